The number of alkyl halides is 1. The number of ketones is 1. The van der Waals surface area contributed by atoms with E-state index in [1.54, 1.807) is 6.92 Å². The third-order valence-electron chi connectivity index (χ3n) is 12.0. The van der Waals surface area contributed by atoms with Gasteiger partial charge in [0, 0.05) is 30.0 Å². The Morgan fingerprint density at radius 2 is 1.77 bits per heavy atom. The van der Waals surface area contributed by atoms with Gasteiger partial charge in [-0.3, -0.25) is 9.59 Å². The van der Waals surface area contributed by atoms with Crippen LogP contribution in [0.15, 0.2) is 0 Å². The lowest BCUT2D eigenvalue weighted by Crippen LogP contribution is -2.59. The SMILES string of the molecule is CC(=O)O[C@@H]1C[C@@H]2[C@H](CC[C@]3(C)[C@@H]4[C@H](C[C@@H]23)O[C@@]2(OC[C@H](C)CC2=O)[C@H]4C)[C@@]2(C)CC[C@H](Br)C[C@H]12. The molecule has 6 rings (SSSR count). The Labute approximate surface area is 218 Å². The summed E-state index contributed by atoms with van der Waals surface area (Å²) in [6.07, 6.45) is 8.61. The van der Waals surface area contributed by atoms with Crippen LogP contribution in [-0.2, 0) is 23.8 Å². The van der Waals surface area contributed by atoms with E-state index in [9.17, 15) is 9.59 Å². The smallest absolute Gasteiger partial charge is 0.302 e. The fraction of sp³-hybridized carbons (Fsp3) is 0.931. The zero-order valence-electron chi connectivity index (χ0n) is 22.1. The first kappa shape index (κ1) is 24.9. The summed E-state index contributed by atoms with van der Waals surface area (Å²) >= 11 is 3.90. The minimum atomic E-state index is -1.02. The van der Waals surface area contributed by atoms with E-state index < -0.39 is 5.79 Å². The second-order valence-corrected chi connectivity index (χ2v) is 15.0. The molecule has 6 fully saturated rings. The van der Waals surface area contributed by atoms with Gasteiger partial charge in [0.2, 0.25) is 5.79 Å². The maximum atomic E-state index is 13.2. The van der Waals surface area contributed by atoms with Gasteiger partial charge in [0.25, 0.3) is 0 Å². The molecule has 6 aliphatic rings. The fourth-order valence-electron chi connectivity index (χ4n) is 10.5. The lowest BCUT2D eigenvalue weighted by Gasteiger charge is -2.62. The molecule has 0 bridgehead atoms. The second kappa shape index (κ2) is 8.27. The number of fused-ring (bicyclic) bond motifs is 7. The number of rotatable bonds is 1. The van der Waals surface area contributed by atoms with Crippen molar-refractivity contribution in [3.63, 3.8) is 0 Å². The third-order valence-corrected chi connectivity index (χ3v) is 12.8. The van der Waals surface area contributed by atoms with Crippen molar-refractivity contribution in [3.05, 3.63) is 0 Å². The Morgan fingerprint density at radius 3 is 2.49 bits per heavy atom. The summed E-state index contributed by atoms with van der Waals surface area (Å²) in [5.41, 5.74) is 0.358. The first-order valence-corrected chi connectivity index (χ1v) is 15.1. The molecule has 2 heterocycles. The molecule has 6 heteroatoms. The molecule has 2 aliphatic heterocycles. The molecule has 1 spiro atoms. The first-order valence-electron chi connectivity index (χ1n) is 14.2. The van der Waals surface area contributed by atoms with Crippen molar-refractivity contribution in [2.45, 2.75) is 109 Å². The maximum Gasteiger partial charge on any atom is 0.302 e. The van der Waals surface area contributed by atoms with Crippen LogP contribution in [0.3, 0.4) is 0 Å². The molecule has 2 saturated heterocycles. The normalized spacial score (nSPS) is 57.3. The Balaban J connectivity index is 1.31. The molecule has 4 saturated carbocycles. The largest absolute Gasteiger partial charge is 0.462 e. The first-order chi connectivity index (χ1) is 16.5. The predicted octanol–water partition coefficient (Wildman–Crippen LogP) is 5.92. The summed E-state index contributed by atoms with van der Waals surface area (Å²) in [5, 5.41) is 0. The molecule has 4 aliphatic carbocycles. The lowest BCUT2D eigenvalue weighted by atomic mass is 9.44. The molecule has 0 unspecified atom stereocenters. The van der Waals surface area contributed by atoms with Gasteiger partial charge in [-0.2, -0.15) is 0 Å². The van der Waals surface area contributed by atoms with Gasteiger partial charge in [0.1, 0.15) is 6.10 Å². The molecule has 0 radical (unpaired) electrons. The van der Waals surface area contributed by atoms with Crippen molar-refractivity contribution in [2.75, 3.05) is 6.61 Å². The van der Waals surface area contributed by atoms with E-state index in [4.69, 9.17) is 14.2 Å². The van der Waals surface area contributed by atoms with Crippen molar-refractivity contribution in [1.82, 2.24) is 0 Å². The van der Waals surface area contributed by atoms with Crippen molar-refractivity contribution < 1.29 is 23.8 Å². The fourth-order valence-corrected chi connectivity index (χ4v) is 11.2. The summed E-state index contributed by atoms with van der Waals surface area (Å²) in [7, 11) is 0. The molecule has 0 aromatic carbocycles. The van der Waals surface area contributed by atoms with E-state index in [1.807, 2.05) is 0 Å². The summed E-state index contributed by atoms with van der Waals surface area (Å²) in [4.78, 5) is 25.9. The third kappa shape index (κ3) is 3.44. The standard InChI is InChI=1S/C29H43BrO5/c1-15-10-25(32)29(33-14-15)16(2)26-24(35-29)13-21-19-12-23(34-17(3)31)22-11-18(30)6-8-27(22,4)20(19)7-9-28(21,26)5/h15-16,18-24,26H,6-14H2,1-5H3/t15-,16+,18+,19-,20+,21+,22-,23-,24+,26+,27-,28+,29+/m1/s1. The number of carbonyl (C=O) groups is 2. The summed E-state index contributed by atoms with van der Waals surface area (Å²) in [6, 6.07) is 0. The van der Waals surface area contributed by atoms with Gasteiger partial charge in [-0.25, -0.2) is 0 Å². The lowest BCUT2D eigenvalue weighted by molar-refractivity contribution is -0.252. The topological polar surface area (TPSA) is 61.8 Å². The molecular weight excluding hydrogens is 508 g/mol. The highest BCUT2D eigenvalue weighted by Gasteiger charge is 2.71. The Hall–Kier alpha value is -0.460. The van der Waals surface area contributed by atoms with Crippen LogP contribution in [0, 0.1) is 52.3 Å². The van der Waals surface area contributed by atoms with Crippen molar-refractivity contribution >= 4 is 27.7 Å². The van der Waals surface area contributed by atoms with Gasteiger partial charge in [-0.1, -0.05) is 43.6 Å². The molecule has 0 aromatic heterocycles. The van der Waals surface area contributed by atoms with Gasteiger partial charge >= 0.3 is 5.97 Å². The second-order valence-electron chi connectivity index (χ2n) is 13.7. The Bertz CT molecular complexity index is 908. The van der Waals surface area contributed by atoms with Gasteiger partial charge < -0.3 is 14.2 Å². The van der Waals surface area contributed by atoms with E-state index in [1.165, 1.54) is 25.7 Å². The number of hydrogen-bond acceptors (Lipinski definition) is 5. The Kier molecular flexibility index (Phi) is 5.87. The maximum absolute atomic E-state index is 13.2. The Morgan fingerprint density at radius 1 is 1.03 bits per heavy atom. The molecule has 0 N–H and O–H groups in total. The molecular formula is C29H43BrO5. The number of ether oxygens (including phenoxy) is 3. The van der Waals surface area contributed by atoms with Crippen LogP contribution >= 0.6 is 15.9 Å². The zero-order valence-corrected chi connectivity index (χ0v) is 23.6. The minimum Gasteiger partial charge on any atom is -0.462 e. The molecule has 13 atom stereocenters. The van der Waals surface area contributed by atoms with Crippen LogP contribution in [0.1, 0.15) is 86.0 Å². The number of halogens is 1. The molecule has 0 aromatic rings. The molecule has 35 heavy (non-hydrogen) atoms. The van der Waals surface area contributed by atoms with Gasteiger partial charge in [0.05, 0.1) is 12.7 Å². The van der Waals surface area contributed by atoms with Crippen molar-refractivity contribution in [3.8, 4) is 0 Å². The van der Waals surface area contributed by atoms with Gasteiger partial charge in [-0.15, -0.1) is 0 Å². The van der Waals surface area contributed by atoms with Crippen molar-refractivity contribution in [1.29, 1.82) is 0 Å². The number of hydrogen-bond donors (Lipinski definition) is 0. The summed E-state index contributed by atoms with van der Waals surface area (Å²) < 4.78 is 19.0. The van der Waals surface area contributed by atoms with E-state index in [2.05, 4.69) is 43.6 Å². The van der Waals surface area contributed by atoms with Crippen LogP contribution in [0.5, 0.6) is 0 Å². The van der Waals surface area contributed by atoms with Crippen molar-refractivity contribution in [2.24, 2.45) is 52.3 Å². The van der Waals surface area contributed by atoms with Crippen LogP contribution in [-0.4, -0.2) is 41.2 Å². The minimum absolute atomic E-state index is 0.0105. The monoisotopic (exact) mass is 550 g/mol. The summed E-state index contributed by atoms with van der Waals surface area (Å²) in [5.74, 6) is 1.89. The van der Waals surface area contributed by atoms with Gasteiger partial charge in [-0.05, 0) is 85.4 Å². The van der Waals surface area contributed by atoms with E-state index in [-0.39, 0.29) is 46.6 Å². The van der Waals surface area contributed by atoms with Crippen LogP contribution in [0.25, 0.3) is 0 Å². The average Bonchev–Trinajstić information content (AvgIpc) is 3.23. The van der Waals surface area contributed by atoms with Gasteiger partial charge in [0.15, 0.2) is 5.78 Å². The predicted molar refractivity (Wildman–Crippen MR) is 136 cm³/mol. The summed E-state index contributed by atoms with van der Waals surface area (Å²) in [6.45, 7) is 11.5. The quantitative estimate of drug-likeness (QED) is 0.299. The molecule has 196 valence electrons. The highest BCUT2D eigenvalue weighted by Crippen LogP contribution is 2.71. The van der Waals surface area contributed by atoms with Crippen LogP contribution in [0.2, 0.25) is 0 Å². The van der Waals surface area contributed by atoms with Crippen LogP contribution in [0.4, 0.5) is 0 Å². The van der Waals surface area contributed by atoms with E-state index in [0.717, 1.165) is 19.3 Å². The number of Topliss-reactive ketones (excluding diaryl/α,β-unsaturated/α-hetero) is 1. The average molecular weight is 552 g/mol. The van der Waals surface area contributed by atoms with E-state index in [0.29, 0.717) is 47.4 Å². The number of carbonyl (C=O) groups excluding carboxylic acids is 2. The molecule has 5 nitrogen and oxygen atoms in total. The highest BCUT2D eigenvalue weighted by molar-refractivity contribution is 9.09. The zero-order chi connectivity index (χ0) is 24.9. The highest BCUT2D eigenvalue weighted by atomic mass is 79.9. The molecule has 0 amide bonds. The number of esters is 1. The van der Waals surface area contributed by atoms with Crippen LogP contribution < -0.4 is 0 Å². The van der Waals surface area contributed by atoms with E-state index >= 15 is 0 Å².